The highest BCUT2D eigenvalue weighted by molar-refractivity contribution is 7.80. The van der Waals surface area contributed by atoms with Gasteiger partial charge in [-0.05, 0) is 6.92 Å². The van der Waals surface area contributed by atoms with Gasteiger partial charge in [0.25, 0.3) is 0 Å². The number of thiazole rings is 1. The largest absolute Gasteiger partial charge is 0.388 e. The molecule has 82 valence electrons. The smallest absolute Gasteiger partial charge is 0.188 e. The lowest BCUT2D eigenvalue weighted by molar-refractivity contribution is 1.17. The topological polar surface area (TPSA) is 76.7 Å². The Hall–Kier alpha value is -1.60. The summed E-state index contributed by atoms with van der Waals surface area (Å²) < 4.78 is 0. The standard InChI is InChI=1S/C9H9N5S2/c1-5-2-13-9(16-5)14-7-4-11-6(3-12-7)8(10)15/h2-4H,1H3,(H2,10,15)(H,12,13,14). The van der Waals surface area contributed by atoms with E-state index >= 15 is 0 Å². The highest BCUT2D eigenvalue weighted by Crippen LogP contribution is 2.19. The predicted octanol–water partition coefficient (Wildman–Crippen LogP) is 1.62. The van der Waals surface area contributed by atoms with Crippen LogP contribution in [0.1, 0.15) is 10.6 Å². The van der Waals surface area contributed by atoms with Gasteiger partial charge >= 0.3 is 0 Å². The number of nitrogens with one attached hydrogen (secondary N) is 1. The van der Waals surface area contributed by atoms with Crippen LogP contribution >= 0.6 is 23.6 Å². The summed E-state index contributed by atoms with van der Waals surface area (Å²) in [4.78, 5) is 13.7. The molecule has 0 radical (unpaired) electrons. The van der Waals surface area contributed by atoms with Crippen molar-refractivity contribution in [2.75, 3.05) is 5.32 Å². The lowest BCUT2D eigenvalue weighted by atomic mass is 10.4. The summed E-state index contributed by atoms with van der Waals surface area (Å²) in [5.74, 6) is 0.620. The Morgan fingerprint density at radius 3 is 2.62 bits per heavy atom. The second-order valence-electron chi connectivity index (χ2n) is 3.05. The summed E-state index contributed by atoms with van der Waals surface area (Å²) >= 11 is 6.34. The summed E-state index contributed by atoms with van der Waals surface area (Å²) in [6, 6.07) is 0. The van der Waals surface area contributed by atoms with Gasteiger partial charge in [0.15, 0.2) is 10.9 Å². The zero-order valence-corrected chi connectivity index (χ0v) is 10.1. The number of anilines is 2. The van der Waals surface area contributed by atoms with Crippen molar-refractivity contribution in [1.82, 2.24) is 15.0 Å². The third-order valence-corrected chi connectivity index (χ3v) is 2.80. The minimum atomic E-state index is 0.240. The second kappa shape index (κ2) is 4.50. The van der Waals surface area contributed by atoms with E-state index in [-0.39, 0.29) is 4.99 Å². The van der Waals surface area contributed by atoms with Crippen molar-refractivity contribution in [3.63, 3.8) is 0 Å². The molecule has 0 aliphatic heterocycles. The van der Waals surface area contributed by atoms with Crippen LogP contribution in [-0.2, 0) is 0 Å². The summed E-state index contributed by atoms with van der Waals surface area (Å²) in [7, 11) is 0. The van der Waals surface area contributed by atoms with Crippen molar-refractivity contribution in [3.8, 4) is 0 Å². The van der Waals surface area contributed by atoms with Gasteiger partial charge in [0.05, 0.1) is 12.4 Å². The molecule has 16 heavy (non-hydrogen) atoms. The van der Waals surface area contributed by atoms with Gasteiger partial charge in [-0.15, -0.1) is 11.3 Å². The van der Waals surface area contributed by atoms with Gasteiger partial charge in [-0.2, -0.15) is 0 Å². The third-order valence-electron chi connectivity index (χ3n) is 1.76. The molecule has 2 heterocycles. The monoisotopic (exact) mass is 251 g/mol. The lowest BCUT2D eigenvalue weighted by Crippen LogP contribution is -2.12. The minimum Gasteiger partial charge on any atom is -0.388 e. The van der Waals surface area contributed by atoms with E-state index in [2.05, 4.69) is 20.3 Å². The number of aromatic nitrogens is 3. The zero-order chi connectivity index (χ0) is 11.5. The van der Waals surface area contributed by atoms with Gasteiger partial charge < -0.3 is 11.1 Å². The highest BCUT2D eigenvalue weighted by Gasteiger charge is 2.02. The molecule has 0 saturated carbocycles. The molecule has 2 rings (SSSR count). The average Bonchev–Trinajstić information content (AvgIpc) is 2.65. The SMILES string of the molecule is Cc1cnc(Nc2cnc(C(N)=S)cn2)s1. The lowest BCUT2D eigenvalue weighted by Gasteiger charge is -2.01. The van der Waals surface area contributed by atoms with Crippen molar-refractivity contribution in [1.29, 1.82) is 0 Å². The van der Waals surface area contributed by atoms with Crippen molar-refractivity contribution < 1.29 is 0 Å². The fourth-order valence-electron chi connectivity index (χ4n) is 1.04. The Balaban J connectivity index is 2.14. The first kappa shape index (κ1) is 10.9. The maximum atomic E-state index is 5.42. The van der Waals surface area contributed by atoms with Gasteiger partial charge in [0.2, 0.25) is 0 Å². The molecule has 2 aromatic rings. The zero-order valence-electron chi connectivity index (χ0n) is 8.47. The molecule has 0 aliphatic carbocycles. The predicted molar refractivity (Wildman–Crippen MR) is 68.1 cm³/mol. The fourth-order valence-corrected chi connectivity index (χ4v) is 1.82. The Bertz CT molecular complexity index is 505. The van der Waals surface area contributed by atoms with E-state index in [0.717, 1.165) is 10.0 Å². The molecule has 0 fully saturated rings. The van der Waals surface area contributed by atoms with Crippen LogP contribution in [-0.4, -0.2) is 19.9 Å². The van der Waals surface area contributed by atoms with E-state index in [4.69, 9.17) is 18.0 Å². The summed E-state index contributed by atoms with van der Waals surface area (Å²) in [6.45, 7) is 1.99. The van der Waals surface area contributed by atoms with E-state index in [9.17, 15) is 0 Å². The van der Waals surface area contributed by atoms with Crippen LogP contribution in [0.4, 0.5) is 10.9 Å². The molecule has 5 nitrogen and oxygen atoms in total. The molecule has 0 atom stereocenters. The van der Waals surface area contributed by atoms with E-state index in [1.54, 1.807) is 23.7 Å². The average molecular weight is 251 g/mol. The van der Waals surface area contributed by atoms with Gasteiger partial charge in [-0.3, -0.25) is 0 Å². The first-order valence-electron chi connectivity index (χ1n) is 4.46. The molecule has 0 aromatic carbocycles. The molecule has 0 saturated heterocycles. The number of nitrogens with two attached hydrogens (primary N) is 1. The fraction of sp³-hybridized carbons (Fsp3) is 0.111. The first-order valence-corrected chi connectivity index (χ1v) is 5.69. The highest BCUT2D eigenvalue weighted by atomic mass is 32.1. The van der Waals surface area contributed by atoms with Gasteiger partial charge in [-0.25, -0.2) is 15.0 Å². The van der Waals surface area contributed by atoms with Crippen LogP contribution in [0, 0.1) is 6.92 Å². The number of hydrogen-bond donors (Lipinski definition) is 2. The van der Waals surface area contributed by atoms with Crippen LogP contribution in [0.2, 0.25) is 0 Å². The number of rotatable bonds is 3. The second-order valence-corrected chi connectivity index (χ2v) is 4.73. The number of thiocarbonyl (C=S) groups is 1. The molecule has 0 aliphatic rings. The summed E-state index contributed by atoms with van der Waals surface area (Å²) in [6.07, 6.45) is 4.90. The molecular formula is C9H9N5S2. The quantitative estimate of drug-likeness (QED) is 0.807. The van der Waals surface area contributed by atoms with E-state index in [0.29, 0.717) is 11.5 Å². The number of nitrogens with zero attached hydrogens (tertiary/aromatic N) is 3. The molecule has 3 N–H and O–H groups in total. The Kier molecular flexibility index (Phi) is 3.07. The number of aryl methyl sites for hydroxylation is 1. The first-order chi connectivity index (χ1) is 7.65. The van der Waals surface area contributed by atoms with Gasteiger partial charge in [0.1, 0.15) is 10.7 Å². The molecule has 0 unspecified atom stereocenters. The molecule has 0 spiro atoms. The molecule has 7 heteroatoms. The van der Waals surface area contributed by atoms with Gasteiger partial charge in [-0.1, -0.05) is 12.2 Å². The van der Waals surface area contributed by atoms with Gasteiger partial charge in [0, 0.05) is 11.1 Å². The number of hydrogen-bond acceptors (Lipinski definition) is 6. The van der Waals surface area contributed by atoms with E-state index < -0.39 is 0 Å². The minimum absolute atomic E-state index is 0.240. The Morgan fingerprint density at radius 1 is 1.31 bits per heavy atom. The third kappa shape index (κ3) is 2.50. The Morgan fingerprint density at radius 2 is 2.12 bits per heavy atom. The van der Waals surface area contributed by atoms with Crippen molar-refractivity contribution >= 4 is 39.5 Å². The summed E-state index contributed by atoms with van der Waals surface area (Å²) in [5, 5.41) is 3.83. The van der Waals surface area contributed by atoms with Crippen LogP contribution in [0.5, 0.6) is 0 Å². The molecule has 2 aromatic heterocycles. The molecule has 0 amide bonds. The van der Waals surface area contributed by atoms with Crippen molar-refractivity contribution in [2.24, 2.45) is 5.73 Å². The van der Waals surface area contributed by atoms with E-state index in [1.165, 1.54) is 6.20 Å². The summed E-state index contributed by atoms with van der Waals surface area (Å²) in [5.41, 5.74) is 5.93. The van der Waals surface area contributed by atoms with Crippen molar-refractivity contribution in [2.45, 2.75) is 6.92 Å². The van der Waals surface area contributed by atoms with Crippen molar-refractivity contribution in [3.05, 3.63) is 29.2 Å². The maximum Gasteiger partial charge on any atom is 0.188 e. The van der Waals surface area contributed by atoms with Crippen LogP contribution in [0.25, 0.3) is 0 Å². The Labute approximate surface area is 102 Å². The van der Waals surface area contributed by atoms with Crippen LogP contribution in [0.3, 0.4) is 0 Å². The van der Waals surface area contributed by atoms with Crippen LogP contribution in [0.15, 0.2) is 18.6 Å². The maximum absolute atomic E-state index is 5.42. The van der Waals surface area contributed by atoms with Crippen LogP contribution < -0.4 is 11.1 Å². The molecular weight excluding hydrogens is 242 g/mol. The normalized spacial score (nSPS) is 10.1. The molecule has 0 bridgehead atoms. The van der Waals surface area contributed by atoms with E-state index in [1.807, 2.05) is 6.92 Å².